The van der Waals surface area contributed by atoms with Crippen molar-refractivity contribution in [2.45, 2.75) is 13.0 Å². The van der Waals surface area contributed by atoms with Crippen molar-refractivity contribution in [3.63, 3.8) is 0 Å². The van der Waals surface area contributed by atoms with Crippen molar-refractivity contribution in [1.29, 1.82) is 0 Å². The second-order valence-corrected chi connectivity index (χ2v) is 5.19. The molecule has 3 nitrogen and oxygen atoms in total. The third-order valence-electron chi connectivity index (χ3n) is 3.44. The van der Waals surface area contributed by atoms with Crippen molar-refractivity contribution in [1.82, 2.24) is 15.3 Å². The summed E-state index contributed by atoms with van der Waals surface area (Å²) in [6.45, 7) is 2.89. The normalized spacial score (nSPS) is 12.5. The molecule has 106 valence electrons. The smallest absolute Gasteiger partial charge is 0.0805 e. The molecule has 1 atom stereocenters. The minimum absolute atomic E-state index is 0.0673. The molecular formula is C17H16ClN3. The van der Waals surface area contributed by atoms with Gasteiger partial charge in [0.15, 0.2) is 0 Å². The van der Waals surface area contributed by atoms with Crippen LogP contribution < -0.4 is 5.32 Å². The first-order chi connectivity index (χ1) is 10.3. The Morgan fingerprint density at radius 1 is 1.05 bits per heavy atom. The Balaban J connectivity index is 2.19. The fourth-order valence-corrected chi connectivity index (χ4v) is 2.76. The molecule has 0 aliphatic rings. The van der Waals surface area contributed by atoms with Crippen LogP contribution in [0.2, 0.25) is 5.02 Å². The van der Waals surface area contributed by atoms with Crippen LogP contribution in [0.15, 0.2) is 54.9 Å². The number of aromatic nitrogens is 2. The largest absolute Gasteiger partial charge is 0.305 e. The van der Waals surface area contributed by atoms with E-state index in [1.165, 1.54) is 0 Å². The minimum Gasteiger partial charge on any atom is -0.305 e. The van der Waals surface area contributed by atoms with Gasteiger partial charge in [0.1, 0.15) is 0 Å². The van der Waals surface area contributed by atoms with E-state index in [2.05, 4.69) is 40.4 Å². The molecule has 0 aliphatic heterocycles. The SMILES string of the molecule is CCNC(c1ncccc1Cl)c1cccc2cccnc12. The van der Waals surface area contributed by atoms with Gasteiger partial charge < -0.3 is 5.32 Å². The maximum Gasteiger partial charge on any atom is 0.0805 e. The van der Waals surface area contributed by atoms with Gasteiger partial charge in [-0.2, -0.15) is 0 Å². The Morgan fingerprint density at radius 3 is 2.62 bits per heavy atom. The van der Waals surface area contributed by atoms with Gasteiger partial charge in [-0.15, -0.1) is 0 Å². The predicted molar refractivity (Wildman–Crippen MR) is 86.5 cm³/mol. The summed E-state index contributed by atoms with van der Waals surface area (Å²) >= 11 is 6.33. The molecule has 3 rings (SSSR count). The average molecular weight is 298 g/mol. The summed E-state index contributed by atoms with van der Waals surface area (Å²) in [5, 5.41) is 5.24. The monoisotopic (exact) mass is 297 g/mol. The van der Waals surface area contributed by atoms with E-state index in [1.54, 1.807) is 6.20 Å². The molecule has 0 radical (unpaired) electrons. The maximum absolute atomic E-state index is 6.33. The molecule has 1 N–H and O–H groups in total. The zero-order valence-corrected chi connectivity index (χ0v) is 12.5. The summed E-state index contributed by atoms with van der Waals surface area (Å²) in [6, 6.07) is 13.8. The first kappa shape index (κ1) is 14.0. The molecule has 0 fully saturated rings. The highest BCUT2D eigenvalue weighted by Crippen LogP contribution is 2.30. The lowest BCUT2D eigenvalue weighted by atomic mass is 9.99. The van der Waals surface area contributed by atoms with Crippen molar-refractivity contribution in [3.05, 3.63) is 71.1 Å². The molecule has 0 amide bonds. The molecule has 1 unspecified atom stereocenters. The van der Waals surface area contributed by atoms with Gasteiger partial charge >= 0.3 is 0 Å². The molecule has 0 saturated heterocycles. The van der Waals surface area contributed by atoms with Crippen LogP contribution in [0.3, 0.4) is 0 Å². The second kappa shape index (κ2) is 6.20. The highest BCUT2D eigenvalue weighted by Gasteiger charge is 2.19. The van der Waals surface area contributed by atoms with Crippen LogP contribution in [0.25, 0.3) is 10.9 Å². The third-order valence-corrected chi connectivity index (χ3v) is 3.76. The van der Waals surface area contributed by atoms with Gasteiger partial charge in [-0.05, 0) is 24.7 Å². The van der Waals surface area contributed by atoms with Crippen LogP contribution in [0, 0.1) is 0 Å². The zero-order valence-electron chi connectivity index (χ0n) is 11.8. The molecule has 3 aromatic rings. The number of para-hydroxylation sites is 1. The zero-order chi connectivity index (χ0) is 14.7. The number of fused-ring (bicyclic) bond motifs is 1. The predicted octanol–water partition coefficient (Wildman–Crippen LogP) is 3.98. The van der Waals surface area contributed by atoms with Crippen molar-refractivity contribution in [3.8, 4) is 0 Å². The standard InChI is InChI=1S/C17H16ClN3/c1-2-19-16(17-14(18)9-5-11-21-17)13-8-3-6-12-7-4-10-20-15(12)13/h3-11,16,19H,2H2,1H3. The van der Waals surface area contributed by atoms with E-state index in [0.717, 1.165) is 28.7 Å². The Bertz CT molecular complexity index is 752. The van der Waals surface area contributed by atoms with Crippen LogP contribution in [0.1, 0.15) is 24.2 Å². The first-order valence-electron chi connectivity index (χ1n) is 6.98. The minimum atomic E-state index is -0.0673. The second-order valence-electron chi connectivity index (χ2n) is 4.78. The Hall–Kier alpha value is -1.97. The van der Waals surface area contributed by atoms with Gasteiger partial charge in [0, 0.05) is 23.3 Å². The summed E-state index contributed by atoms with van der Waals surface area (Å²) in [6.07, 6.45) is 3.58. The van der Waals surface area contributed by atoms with Gasteiger partial charge in [-0.25, -0.2) is 0 Å². The number of hydrogen-bond acceptors (Lipinski definition) is 3. The molecule has 1 aromatic carbocycles. The van der Waals surface area contributed by atoms with Crippen LogP contribution in [0.4, 0.5) is 0 Å². The number of halogens is 1. The molecule has 0 aliphatic carbocycles. The number of rotatable bonds is 4. The molecule has 21 heavy (non-hydrogen) atoms. The lowest BCUT2D eigenvalue weighted by molar-refractivity contribution is 0.618. The molecule has 0 spiro atoms. The fourth-order valence-electron chi connectivity index (χ4n) is 2.53. The summed E-state index contributed by atoms with van der Waals surface area (Å²) in [7, 11) is 0. The van der Waals surface area contributed by atoms with Crippen LogP contribution in [-0.4, -0.2) is 16.5 Å². The van der Waals surface area contributed by atoms with Gasteiger partial charge in [0.05, 0.1) is 22.3 Å². The van der Waals surface area contributed by atoms with E-state index in [0.29, 0.717) is 5.02 Å². The first-order valence-corrected chi connectivity index (χ1v) is 7.36. The van der Waals surface area contributed by atoms with E-state index < -0.39 is 0 Å². The van der Waals surface area contributed by atoms with E-state index >= 15 is 0 Å². The topological polar surface area (TPSA) is 37.8 Å². The van der Waals surface area contributed by atoms with Crippen molar-refractivity contribution >= 4 is 22.5 Å². The summed E-state index contributed by atoms with van der Waals surface area (Å²) in [5.74, 6) is 0. The maximum atomic E-state index is 6.33. The van der Waals surface area contributed by atoms with Gasteiger partial charge in [-0.3, -0.25) is 9.97 Å². The van der Waals surface area contributed by atoms with Crippen LogP contribution in [-0.2, 0) is 0 Å². The Labute approximate surface area is 129 Å². The quantitative estimate of drug-likeness (QED) is 0.791. The molecule has 0 saturated carbocycles. The van der Waals surface area contributed by atoms with Gasteiger partial charge in [0.25, 0.3) is 0 Å². The molecular weight excluding hydrogens is 282 g/mol. The lowest BCUT2D eigenvalue weighted by Gasteiger charge is -2.20. The lowest BCUT2D eigenvalue weighted by Crippen LogP contribution is -2.23. The van der Waals surface area contributed by atoms with Crippen molar-refractivity contribution in [2.24, 2.45) is 0 Å². The highest BCUT2D eigenvalue weighted by atomic mass is 35.5. The van der Waals surface area contributed by atoms with E-state index in [4.69, 9.17) is 11.6 Å². The molecule has 0 bridgehead atoms. The van der Waals surface area contributed by atoms with E-state index in [1.807, 2.05) is 30.5 Å². The number of hydrogen-bond donors (Lipinski definition) is 1. The summed E-state index contributed by atoms with van der Waals surface area (Å²) in [4.78, 5) is 8.99. The Kier molecular flexibility index (Phi) is 4.13. The van der Waals surface area contributed by atoms with Crippen molar-refractivity contribution in [2.75, 3.05) is 6.54 Å². The van der Waals surface area contributed by atoms with E-state index in [9.17, 15) is 0 Å². The molecule has 2 aromatic heterocycles. The third kappa shape index (κ3) is 2.75. The highest BCUT2D eigenvalue weighted by molar-refractivity contribution is 6.31. The fraction of sp³-hybridized carbons (Fsp3) is 0.176. The number of benzene rings is 1. The molecule has 2 heterocycles. The van der Waals surface area contributed by atoms with Crippen LogP contribution >= 0.6 is 11.6 Å². The van der Waals surface area contributed by atoms with Gasteiger partial charge in [-0.1, -0.05) is 42.8 Å². The van der Waals surface area contributed by atoms with Gasteiger partial charge in [0.2, 0.25) is 0 Å². The molecule has 4 heteroatoms. The van der Waals surface area contributed by atoms with E-state index in [-0.39, 0.29) is 6.04 Å². The van der Waals surface area contributed by atoms with Crippen LogP contribution in [0.5, 0.6) is 0 Å². The summed E-state index contributed by atoms with van der Waals surface area (Å²) in [5.41, 5.74) is 2.90. The average Bonchev–Trinajstić information content (AvgIpc) is 2.53. The van der Waals surface area contributed by atoms with Crippen molar-refractivity contribution < 1.29 is 0 Å². The summed E-state index contributed by atoms with van der Waals surface area (Å²) < 4.78 is 0. The Morgan fingerprint density at radius 2 is 1.81 bits per heavy atom. The number of nitrogens with zero attached hydrogens (tertiary/aromatic N) is 2. The number of pyridine rings is 2. The number of nitrogens with one attached hydrogen (secondary N) is 1.